The van der Waals surface area contributed by atoms with Crippen LogP contribution in [-0.2, 0) is 4.79 Å². The van der Waals surface area contributed by atoms with Gasteiger partial charge in [0.2, 0.25) is 6.08 Å². The number of carbonyl (C=O) groups excluding carboxylic acids is 1. The minimum atomic E-state index is -0.275. The molecule has 0 aliphatic carbocycles. The summed E-state index contributed by atoms with van der Waals surface area (Å²) in [7, 11) is 0. The first-order valence-corrected chi connectivity index (χ1v) is 4.52. The van der Waals surface area contributed by atoms with Crippen LogP contribution in [0.4, 0.5) is 4.39 Å². The highest BCUT2D eigenvalue weighted by Crippen LogP contribution is 2.22. The molecule has 2 nitrogen and oxygen atoms in total. The molecule has 0 radical (unpaired) electrons. The van der Waals surface area contributed by atoms with E-state index in [1.807, 2.05) is 6.92 Å². The summed E-state index contributed by atoms with van der Waals surface area (Å²) in [5.41, 5.74) is 1.32. The van der Waals surface area contributed by atoms with Gasteiger partial charge in [0.25, 0.3) is 0 Å². The van der Waals surface area contributed by atoms with E-state index in [4.69, 9.17) is 0 Å². The van der Waals surface area contributed by atoms with E-state index in [1.165, 1.54) is 12.1 Å². The van der Waals surface area contributed by atoms with Crippen LogP contribution in [-0.4, -0.2) is 6.08 Å². The summed E-state index contributed by atoms with van der Waals surface area (Å²) < 4.78 is 13.2. The molecule has 0 bridgehead atoms. The van der Waals surface area contributed by atoms with Gasteiger partial charge in [-0.2, -0.15) is 4.99 Å². The molecule has 0 spiro atoms. The Kier molecular flexibility index (Phi) is 3.55. The quantitative estimate of drug-likeness (QED) is 0.536. The van der Waals surface area contributed by atoms with Gasteiger partial charge in [-0.3, -0.25) is 0 Å². The van der Waals surface area contributed by atoms with Gasteiger partial charge in [-0.05, 0) is 30.5 Å². The Hall–Kier alpha value is -1.47. The van der Waals surface area contributed by atoms with Gasteiger partial charge in [-0.15, -0.1) is 0 Å². The summed E-state index contributed by atoms with van der Waals surface area (Å²) in [6.07, 6.45) is 2.17. The van der Waals surface area contributed by atoms with E-state index in [-0.39, 0.29) is 11.9 Å². The maximum atomic E-state index is 13.2. The van der Waals surface area contributed by atoms with E-state index in [0.29, 0.717) is 12.0 Å². The van der Waals surface area contributed by atoms with Crippen molar-refractivity contribution in [3.63, 3.8) is 0 Å². The minimum absolute atomic E-state index is 0.262. The molecular weight excluding hydrogens is 181 g/mol. The second-order valence-electron chi connectivity index (χ2n) is 3.15. The molecule has 0 saturated carbocycles. The fourth-order valence-corrected chi connectivity index (χ4v) is 1.28. The average molecular weight is 193 g/mol. The average Bonchev–Trinajstić information content (AvgIpc) is 2.19. The standard InChI is InChI=1S/C11H12FNO/c1-3-11(13-7-14)9-5-4-8(2)10(12)6-9/h4-6,11H,3H2,1-2H3/t11-/m1/s1. The number of aliphatic imine (C=N–C) groups is 1. The van der Waals surface area contributed by atoms with E-state index >= 15 is 0 Å². The molecule has 0 saturated heterocycles. The molecule has 1 aromatic carbocycles. The van der Waals surface area contributed by atoms with E-state index in [2.05, 4.69) is 4.99 Å². The second-order valence-corrected chi connectivity index (χ2v) is 3.15. The lowest BCUT2D eigenvalue weighted by Gasteiger charge is -2.08. The highest BCUT2D eigenvalue weighted by Gasteiger charge is 2.09. The Morgan fingerprint density at radius 2 is 2.29 bits per heavy atom. The van der Waals surface area contributed by atoms with Gasteiger partial charge in [0.1, 0.15) is 5.82 Å². The SMILES string of the molecule is CC[C@@H](N=C=O)c1ccc(C)c(F)c1. The van der Waals surface area contributed by atoms with E-state index in [1.54, 1.807) is 19.1 Å². The summed E-state index contributed by atoms with van der Waals surface area (Å²) in [5.74, 6) is -0.262. The minimum Gasteiger partial charge on any atom is -0.211 e. The lowest BCUT2D eigenvalue weighted by Crippen LogP contribution is -1.95. The van der Waals surface area contributed by atoms with Gasteiger partial charge in [-0.25, -0.2) is 9.18 Å². The van der Waals surface area contributed by atoms with E-state index < -0.39 is 0 Å². The van der Waals surface area contributed by atoms with Crippen molar-refractivity contribution in [2.45, 2.75) is 26.3 Å². The predicted octanol–water partition coefficient (Wildman–Crippen LogP) is 2.92. The molecule has 0 fully saturated rings. The van der Waals surface area contributed by atoms with Crippen molar-refractivity contribution in [3.8, 4) is 0 Å². The van der Waals surface area contributed by atoms with E-state index in [0.717, 1.165) is 5.56 Å². The Labute approximate surface area is 82.5 Å². The monoisotopic (exact) mass is 193 g/mol. The number of rotatable bonds is 3. The zero-order chi connectivity index (χ0) is 10.6. The van der Waals surface area contributed by atoms with Crippen LogP contribution in [0.5, 0.6) is 0 Å². The van der Waals surface area contributed by atoms with Gasteiger partial charge in [0, 0.05) is 0 Å². The van der Waals surface area contributed by atoms with Crippen molar-refractivity contribution in [2.24, 2.45) is 4.99 Å². The number of nitrogens with zero attached hydrogens (tertiary/aromatic N) is 1. The summed E-state index contributed by atoms with van der Waals surface area (Å²) in [6, 6.07) is 4.62. The van der Waals surface area contributed by atoms with Crippen LogP contribution in [0, 0.1) is 12.7 Å². The van der Waals surface area contributed by atoms with Gasteiger partial charge in [-0.1, -0.05) is 19.1 Å². The normalized spacial score (nSPS) is 11.9. The van der Waals surface area contributed by atoms with Gasteiger partial charge in [0.15, 0.2) is 0 Å². The Morgan fingerprint density at radius 3 is 2.79 bits per heavy atom. The van der Waals surface area contributed by atoms with Gasteiger partial charge in [0.05, 0.1) is 6.04 Å². The lowest BCUT2D eigenvalue weighted by atomic mass is 10.0. The van der Waals surface area contributed by atoms with Crippen LogP contribution < -0.4 is 0 Å². The predicted molar refractivity (Wildman–Crippen MR) is 52.3 cm³/mol. The summed E-state index contributed by atoms with van der Waals surface area (Å²) in [4.78, 5) is 13.7. The van der Waals surface area contributed by atoms with Gasteiger partial charge >= 0.3 is 0 Å². The van der Waals surface area contributed by atoms with Crippen molar-refractivity contribution >= 4 is 6.08 Å². The smallest absolute Gasteiger partial charge is 0.211 e. The Bertz CT molecular complexity index is 370. The third-order valence-corrected chi connectivity index (χ3v) is 2.18. The summed E-state index contributed by atoms with van der Waals surface area (Å²) >= 11 is 0. The molecule has 0 amide bonds. The molecule has 0 unspecified atom stereocenters. The second kappa shape index (κ2) is 4.68. The van der Waals surface area contributed by atoms with Crippen molar-refractivity contribution < 1.29 is 9.18 Å². The van der Waals surface area contributed by atoms with Crippen molar-refractivity contribution in [1.82, 2.24) is 0 Å². The molecule has 1 rings (SSSR count). The number of aryl methyl sites for hydroxylation is 1. The lowest BCUT2D eigenvalue weighted by molar-refractivity contribution is 0.554. The molecule has 1 atom stereocenters. The molecule has 0 heterocycles. The van der Waals surface area contributed by atoms with Crippen LogP contribution in [0.3, 0.4) is 0 Å². The highest BCUT2D eigenvalue weighted by molar-refractivity contribution is 5.36. The molecule has 3 heteroatoms. The number of isocyanates is 1. The van der Waals surface area contributed by atoms with E-state index in [9.17, 15) is 9.18 Å². The first kappa shape index (κ1) is 10.6. The van der Waals surface area contributed by atoms with Gasteiger partial charge < -0.3 is 0 Å². The van der Waals surface area contributed by atoms with Crippen LogP contribution in [0.15, 0.2) is 23.2 Å². The number of hydrogen-bond acceptors (Lipinski definition) is 2. The molecule has 0 N–H and O–H groups in total. The van der Waals surface area contributed by atoms with Crippen LogP contribution in [0.1, 0.15) is 30.5 Å². The zero-order valence-electron chi connectivity index (χ0n) is 8.25. The van der Waals surface area contributed by atoms with Crippen LogP contribution in [0.2, 0.25) is 0 Å². The van der Waals surface area contributed by atoms with Crippen LogP contribution >= 0.6 is 0 Å². The first-order chi connectivity index (χ1) is 6.69. The van der Waals surface area contributed by atoms with Crippen molar-refractivity contribution in [3.05, 3.63) is 35.1 Å². The molecule has 14 heavy (non-hydrogen) atoms. The molecular formula is C11H12FNO. The molecule has 74 valence electrons. The topological polar surface area (TPSA) is 29.4 Å². The number of benzene rings is 1. The summed E-state index contributed by atoms with van der Waals surface area (Å²) in [5, 5.41) is 0. The molecule has 0 aliphatic rings. The summed E-state index contributed by atoms with van der Waals surface area (Å²) in [6.45, 7) is 3.59. The molecule has 0 aromatic heterocycles. The zero-order valence-corrected chi connectivity index (χ0v) is 8.25. The highest BCUT2D eigenvalue weighted by atomic mass is 19.1. The Morgan fingerprint density at radius 1 is 1.57 bits per heavy atom. The molecule has 0 aliphatic heterocycles. The third-order valence-electron chi connectivity index (χ3n) is 2.18. The maximum absolute atomic E-state index is 13.2. The first-order valence-electron chi connectivity index (χ1n) is 4.52. The van der Waals surface area contributed by atoms with Crippen molar-refractivity contribution in [2.75, 3.05) is 0 Å². The number of hydrogen-bond donors (Lipinski definition) is 0. The maximum Gasteiger partial charge on any atom is 0.235 e. The fraction of sp³-hybridized carbons (Fsp3) is 0.364. The van der Waals surface area contributed by atoms with Crippen LogP contribution in [0.25, 0.3) is 0 Å². The third kappa shape index (κ3) is 2.27. The number of halogens is 1. The fourth-order valence-electron chi connectivity index (χ4n) is 1.28. The largest absolute Gasteiger partial charge is 0.235 e. The Balaban J connectivity index is 3.05. The van der Waals surface area contributed by atoms with Crippen molar-refractivity contribution in [1.29, 1.82) is 0 Å². The molecule has 1 aromatic rings.